The Kier molecular flexibility index (Phi) is 5.77. The van der Waals surface area contributed by atoms with Crippen LogP contribution in [0.25, 0.3) is 0 Å². The number of esters is 2. The molecule has 0 aromatic heterocycles. The van der Waals surface area contributed by atoms with Gasteiger partial charge in [0.25, 0.3) is 0 Å². The van der Waals surface area contributed by atoms with Gasteiger partial charge in [-0.15, -0.1) is 0 Å². The van der Waals surface area contributed by atoms with Crippen molar-refractivity contribution in [1.82, 2.24) is 0 Å². The van der Waals surface area contributed by atoms with Gasteiger partial charge in [-0.2, -0.15) is 0 Å². The van der Waals surface area contributed by atoms with Crippen LogP contribution in [-0.4, -0.2) is 19.0 Å². The fraction of sp³-hybridized carbons (Fsp3) is 0.0588. The lowest BCUT2D eigenvalue weighted by atomic mass is 10.3. The van der Waals surface area contributed by atoms with Crippen LogP contribution < -0.4 is 14.2 Å². The minimum atomic E-state index is -0.724. The zero-order valence-corrected chi connectivity index (χ0v) is 12.9. The highest BCUT2D eigenvalue weighted by Gasteiger charge is 2.08. The minimum absolute atomic E-state index is 0.257. The van der Waals surface area contributed by atoms with E-state index in [1.165, 1.54) is 13.2 Å². The van der Waals surface area contributed by atoms with Gasteiger partial charge in [-0.1, -0.05) is 29.8 Å². The van der Waals surface area contributed by atoms with E-state index >= 15 is 0 Å². The topological polar surface area (TPSA) is 61.8 Å². The summed E-state index contributed by atoms with van der Waals surface area (Å²) in [5, 5.41) is 0.440. The number of carbonyl (C=O) groups is 2. The zero-order chi connectivity index (χ0) is 16.7. The van der Waals surface area contributed by atoms with E-state index in [0.29, 0.717) is 10.8 Å². The van der Waals surface area contributed by atoms with Crippen LogP contribution >= 0.6 is 11.6 Å². The summed E-state index contributed by atoms with van der Waals surface area (Å²) in [6, 6.07) is 13.0. The molecule has 118 valence electrons. The molecule has 0 unspecified atom stereocenters. The van der Waals surface area contributed by atoms with Gasteiger partial charge in [0.1, 0.15) is 5.75 Å². The molecule has 0 aliphatic rings. The normalized spacial score (nSPS) is 10.3. The molecule has 0 atom stereocenters. The first-order valence-corrected chi connectivity index (χ1v) is 6.96. The monoisotopic (exact) mass is 332 g/mol. The zero-order valence-electron chi connectivity index (χ0n) is 12.2. The molecule has 0 aliphatic heterocycles. The van der Waals surface area contributed by atoms with Crippen molar-refractivity contribution in [3.05, 3.63) is 65.7 Å². The highest BCUT2D eigenvalue weighted by molar-refractivity contribution is 6.30. The van der Waals surface area contributed by atoms with Crippen molar-refractivity contribution in [2.24, 2.45) is 0 Å². The molecule has 6 heteroatoms. The Labute approximate surface area is 138 Å². The quantitative estimate of drug-likeness (QED) is 0.477. The third-order valence-electron chi connectivity index (χ3n) is 2.65. The number of methoxy groups -OCH3 is 1. The lowest BCUT2D eigenvalue weighted by molar-refractivity contribution is -0.131. The Bertz CT molecular complexity index is 739. The molecule has 2 aromatic rings. The summed E-state index contributed by atoms with van der Waals surface area (Å²) in [7, 11) is 1.46. The minimum Gasteiger partial charge on any atom is -0.493 e. The number of ether oxygens (including phenoxy) is 3. The summed E-state index contributed by atoms with van der Waals surface area (Å²) >= 11 is 5.78. The van der Waals surface area contributed by atoms with Crippen LogP contribution in [-0.2, 0) is 9.59 Å². The molecule has 0 bridgehead atoms. The first kappa shape index (κ1) is 16.6. The maximum absolute atomic E-state index is 11.7. The molecule has 0 fully saturated rings. The number of rotatable bonds is 5. The number of para-hydroxylation sites is 2. The van der Waals surface area contributed by atoms with Crippen molar-refractivity contribution in [1.29, 1.82) is 0 Å². The molecule has 0 heterocycles. The van der Waals surface area contributed by atoms with Crippen LogP contribution in [0.4, 0.5) is 0 Å². The number of benzene rings is 2. The third kappa shape index (κ3) is 5.16. The van der Waals surface area contributed by atoms with Gasteiger partial charge in [0, 0.05) is 17.2 Å². The molecule has 0 spiro atoms. The Morgan fingerprint density at radius 1 is 0.913 bits per heavy atom. The van der Waals surface area contributed by atoms with Crippen LogP contribution in [0, 0.1) is 0 Å². The summed E-state index contributed by atoms with van der Waals surface area (Å²) in [5.74, 6) is -0.490. The second-order valence-electron chi connectivity index (χ2n) is 4.28. The maximum atomic E-state index is 11.7. The Morgan fingerprint density at radius 3 is 2.22 bits per heavy atom. The molecule has 0 aliphatic carbocycles. The first-order valence-electron chi connectivity index (χ1n) is 6.59. The lowest BCUT2D eigenvalue weighted by Gasteiger charge is -2.06. The van der Waals surface area contributed by atoms with E-state index in [0.717, 1.165) is 12.2 Å². The number of hydrogen-bond acceptors (Lipinski definition) is 5. The average Bonchev–Trinajstić information content (AvgIpc) is 2.53. The fourth-order valence-corrected chi connectivity index (χ4v) is 1.84. The predicted octanol–water partition coefficient (Wildman–Crippen LogP) is 3.42. The summed E-state index contributed by atoms with van der Waals surface area (Å²) < 4.78 is 15.1. The highest BCUT2D eigenvalue weighted by Crippen LogP contribution is 2.25. The van der Waals surface area contributed by atoms with Crippen LogP contribution in [0.1, 0.15) is 0 Å². The van der Waals surface area contributed by atoms with Gasteiger partial charge in [-0.05, 0) is 30.3 Å². The fourth-order valence-electron chi connectivity index (χ4n) is 1.66. The van der Waals surface area contributed by atoms with E-state index in [-0.39, 0.29) is 11.5 Å². The van der Waals surface area contributed by atoms with Crippen molar-refractivity contribution < 1.29 is 23.8 Å². The summed E-state index contributed by atoms with van der Waals surface area (Å²) in [6.45, 7) is 0. The van der Waals surface area contributed by atoms with Gasteiger partial charge in [0.2, 0.25) is 0 Å². The molecule has 0 saturated heterocycles. The van der Waals surface area contributed by atoms with E-state index in [1.54, 1.807) is 42.5 Å². The van der Waals surface area contributed by atoms with Gasteiger partial charge >= 0.3 is 11.9 Å². The SMILES string of the molecule is COc1ccccc1OC(=O)/C=C/C(=O)Oc1cccc(Cl)c1. The molecule has 0 radical (unpaired) electrons. The Hall–Kier alpha value is -2.79. The smallest absolute Gasteiger partial charge is 0.336 e. The van der Waals surface area contributed by atoms with Crippen LogP contribution in [0.2, 0.25) is 5.02 Å². The summed E-state index contributed by atoms with van der Waals surface area (Å²) in [5.41, 5.74) is 0. The number of halogens is 1. The standard InChI is InChI=1S/C17H13ClO5/c1-21-14-7-2-3-8-15(14)23-17(20)10-9-16(19)22-13-6-4-5-12(18)11-13/h2-11H,1H3/b10-9+. The highest BCUT2D eigenvalue weighted by atomic mass is 35.5. The van der Waals surface area contributed by atoms with E-state index in [1.807, 2.05) is 0 Å². The molecule has 0 N–H and O–H groups in total. The van der Waals surface area contributed by atoms with E-state index < -0.39 is 11.9 Å². The summed E-state index contributed by atoms with van der Waals surface area (Å²) in [6.07, 6.45) is 1.94. The van der Waals surface area contributed by atoms with Crippen LogP contribution in [0.15, 0.2) is 60.7 Å². The third-order valence-corrected chi connectivity index (χ3v) is 2.88. The lowest BCUT2D eigenvalue weighted by Crippen LogP contribution is -2.08. The summed E-state index contributed by atoms with van der Waals surface area (Å²) in [4.78, 5) is 23.3. The first-order chi connectivity index (χ1) is 11.1. The van der Waals surface area contributed by atoms with E-state index in [9.17, 15) is 9.59 Å². The second-order valence-corrected chi connectivity index (χ2v) is 4.72. The van der Waals surface area contributed by atoms with Gasteiger partial charge in [-0.3, -0.25) is 0 Å². The molecular weight excluding hydrogens is 320 g/mol. The van der Waals surface area contributed by atoms with Crippen molar-refractivity contribution in [2.75, 3.05) is 7.11 Å². The van der Waals surface area contributed by atoms with Gasteiger partial charge in [-0.25, -0.2) is 9.59 Å². The molecule has 0 amide bonds. The molecule has 5 nitrogen and oxygen atoms in total. The Morgan fingerprint density at radius 2 is 1.57 bits per heavy atom. The molecular formula is C17H13ClO5. The maximum Gasteiger partial charge on any atom is 0.336 e. The van der Waals surface area contributed by atoms with Crippen LogP contribution in [0.5, 0.6) is 17.2 Å². The number of hydrogen-bond donors (Lipinski definition) is 0. The van der Waals surface area contributed by atoms with Gasteiger partial charge in [0.15, 0.2) is 11.5 Å². The van der Waals surface area contributed by atoms with Crippen molar-refractivity contribution in [3.63, 3.8) is 0 Å². The molecule has 2 rings (SSSR count). The molecule has 2 aromatic carbocycles. The van der Waals surface area contributed by atoms with Crippen molar-refractivity contribution in [2.45, 2.75) is 0 Å². The van der Waals surface area contributed by atoms with Gasteiger partial charge in [0.05, 0.1) is 7.11 Å². The average molecular weight is 333 g/mol. The number of carbonyl (C=O) groups excluding carboxylic acids is 2. The van der Waals surface area contributed by atoms with E-state index in [4.69, 9.17) is 25.8 Å². The van der Waals surface area contributed by atoms with Crippen molar-refractivity contribution >= 4 is 23.5 Å². The largest absolute Gasteiger partial charge is 0.493 e. The van der Waals surface area contributed by atoms with Crippen molar-refractivity contribution in [3.8, 4) is 17.2 Å². The molecule has 23 heavy (non-hydrogen) atoms. The predicted molar refractivity (Wildman–Crippen MR) is 84.9 cm³/mol. The van der Waals surface area contributed by atoms with Crippen LogP contribution in [0.3, 0.4) is 0 Å². The van der Waals surface area contributed by atoms with Gasteiger partial charge < -0.3 is 14.2 Å². The molecule has 0 saturated carbocycles. The Balaban J connectivity index is 1.94. The second kappa shape index (κ2) is 8.00. The van der Waals surface area contributed by atoms with E-state index in [2.05, 4.69) is 0 Å².